The van der Waals surface area contributed by atoms with Gasteiger partial charge in [-0.1, -0.05) is 18.2 Å². The number of fused-ring (bicyclic) bond motifs is 1. The molecule has 0 aliphatic carbocycles. The van der Waals surface area contributed by atoms with Crippen LogP contribution in [0, 0.1) is 10.1 Å². The van der Waals surface area contributed by atoms with Crippen molar-refractivity contribution in [3.63, 3.8) is 0 Å². The summed E-state index contributed by atoms with van der Waals surface area (Å²) in [5.74, 6) is 0.482. The smallest absolute Gasteiger partial charge is 0.269 e. The Hall–Kier alpha value is -2.89. The molecule has 0 atom stereocenters. The highest BCUT2D eigenvalue weighted by molar-refractivity contribution is 5.96. The van der Waals surface area contributed by atoms with E-state index in [2.05, 4.69) is 0 Å². The predicted octanol–water partition coefficient (Wildman–Crippen LogP) is 2.56. The summed E-state index contributed by atoms with van der Waals surface area (Å²) >= 11 is 0. The average Bonchev–Trinajstić information content (AvgIpc) is 2.96. The van der Waals surface area contributed by atoms with Gasteiger partial charge in [0.25, 0.3) is 11.6 Å². The third kappa shape index (κ3) is 2.76. The molecule has 112 valence electrons. The average molecular weight is 298 g/mol. The fourth-order valence-electron chi connectivity index (χ4n) is 2.50. The summed E-state index contributed by atoms with van der Waals surface area (Å²) in [5.41, 5.74) is 1.60. The van der Waals surface area contributed by atoms with Crippen molar-refractivity contribution in [2.45, 2.75) is 6.42 Å². The lowest BCUT2D eigenvalue weighted by Gasteiger charge is -2.17. The SMILES string of the molecule is O=C(COc1ccccc1)N1CCc2cc([N+](=O)[O-])ccc21. The van der Waals surface area contributed by atoms with Crippen molar-refractivity contribution in [1.29, 1.82) is 0 Å². The fraction of sp³-hybridized carbons (Fsp3) is 0.188. The number of para-hydroxylation sites is 1. The molecule has 1 heterocycles. The Morgan fingerprint density at radius 1 is 1.23 bits per heavy atom. The molecule has 2 aromatic carbocycles. The van der Waals surface area contributed by atoms with E-state index in [1.807, 2.05) is 18.2 Å². The number of ether oxygens (including phenoxy) is 1. The van der Waals surface area contributed by atoms with Crippen LogP contribution in [0.4, 0.5) is 11.4 Å². The van der Waals surface area contributed by atoms with Gasteiger partial charge < -0.3 is 9.64 Å². The van der Waals surface area contributed by atoms with E-state index in [1.54, 1.807) is 23.1 Å². The van der Waals surface area contributed by atoms with Gasteiger partial charge in [0.15, 0.2) is 6.61 Å². The number of carbonyl (C=O) groups is 1. The molecule has 0 spiro atoms. The minimum atomic E-state index is -0.427. The molecule has 22 heavy (non-hydrogen) atoms. The summed E-state index contributed by atoms with van der Waals surface area (Å²) in [4.78, 5) is 24.2. The van der Waals surface area contributed by atoms with E-state index in [0.717, 1.165) is 11.3 Å². The number of nitro groups is 1. The molecule has 1 amide bonds. The Balaban J connectivity index is 1.70. The summed E-state index contributed by atoms with van der Waals surface area (Å²) in [7, 11) is 0. The minimum Gasteiger partial charge on any atom is -0.484 e. The first-order valence-corrected chi connectivity index (χ1v) is 6.90. The molecule has 0 radical (unpaired) electrons. The maximum Gasteiger partial charge on any atom is 0.269 e. The number of benzene rings is 2. The van der Waals surface area contributed by atoms with Gasteiger partial charge in [-0.3, -0.25) is 14.9 Å². The molecule has 3 rings (SSSR count). The van der Waals surface area contributed by atoms with Gasteiger partial charge in [0.05, 0.1) is 4.92 Å². The molecule has 0 aromatic heterocycles. The number of non-ortho nitro benzene ring substituents is 1. The monoisotopic (exact) mass is 298 g/mol. The Kier molecular flexibility index (Phi) is 3.74. The van der Waals surface area contributed by atoms with E-state index >= 15 is 0 Å². The second kappa shape index (κ2) is 5.85. The maximum atomic E-state index is 12.3. The first-order valence-electron chi connectivity index (χ1n) is 6.90. The van der Waals surface area contributed by atoms with Gasteiger partial charge in [-0.2, -0.15) is 0 Å². The molecule has 1 aliphatic heterocycles. The van der Waals surface area contributed by atoms with Crippen LogP contribution in [0.2, 0.25) is 0 Å². The molecule has 0 saturated heterocycles. The molecule has 0 unspecified atom stereocenters. The largest absolute Gasteiger partial charge is 0.484 e. The van der Waals surface area contributed by atoms with Crippen LogP contribution in [0.25, 0.3) is 0 Å². The van der Waals surface area contributed by atoms with Crippen molar-refractivity contribution in [2.24, 2.45) is 0 Å². The number of anilines is 1. The number of hydrogen-bond acceptors (Lipinski definition) is 4. The molecular formula is C16H14N2O4. The second-order valence-corrected chi connectivity index (χ2v) is 4.97. The van der Waals surface area contributed by atoms with Crippen LogP contribution >= 0.6 is 0 Å². The quantitative estimate of drug-likeness (QED) is 0.642. The highest BCUT2D eigenvalue weighted by Crippen LogP contribution is 2.31. The molecule has 0 N–H and O–H groups in total. The summed E-state index contributed by atoms with van der Waals surface area (Å²) in [6.07, 6.45) is 0.619. The lowest BCUT2D eigenvalue weighted by molar-refractivity contribution is -0.384. The summed E-state index contributed by atoms with van der Waals surface area (Å²) in [5, 5.41) is 10.8. The zero-order valence-corrected chi connectivity index (χ0v) is 11.8. The molecule has 0 saturated carbocycles. The van der Waals surface area contributed by atoms with Gasteiger partial charge in [0.2, 0.25) is 0 Å². The zero-order valence-electron chi connectivity index (χ0n) is 11.8. The van der Waals surface area contributed by atoms with E-state index in [0.29, 0.717) is 18.7 Å². The molecule has 6 nitrogen and oxygen atoms in total. The Bertz CT molecular complexity index is 715. The van der Waals surface area contributed by atoms with Gasteiger partial charge in [-0.05, 0) is 30.2 Å². The number of nitro benzene ring substituents is 1. The molecule has 0 bridgehead atoms. The van der Waals surface area contributed by atoms with Crippen LogP contribution in [0.5, 0.6) is 5.75 Å². The van der Waals surface area contributed by atoms with Crippen LogP contribution in [0.3, 0.4) is 0 Å². The summed E-state index contributed by atoms with van der Waals surface area (Å²) < 4.78 is 5.46. The Labute approximate surface area is 127 Å². The zero-order chi connectivity index (χ0) is 15.5. The second-order valence-electron chi connectivity index (χ2n) is 4.97. The van der Waals surface area contributed by atoms with Crippen molar-refractivity contribution in [3.8, 4) is 5.75 Å². The van der Waals surface area contributed by atoms with E-state index < -0.39 is 4.92 Å². The van der Waals surface area contributed by atoms with E-state index in [-0.39, 0.29) is 18.2 Å². The number of carbonyl (C=O) groups excluding carboxylic acids is 1. The van der Waals surface area contributed by atoms with Gasteiger partial charge in [-0.15, -0.1) is 0 Å². The third-order valence-electron chi connectivity index (χ3n) is 3.58. The van der Waals surface area contributed by atoms with Crippen molar-refractivity contribution >= 4 is 17.3 Å². The van der Waals surface area contributed by atoms with Crippen LogP contribution in [0.1, 0.15) is 5.56 Å². The third-order valence-corrected chi connectivity index (χ3v) is 3.58. The van der Waals surface area contributed by atoms with Crippen molar-refractivity contribution in [2.75, 3.05) is 18.1 Å². The van der Waals surface area contributed by atoms with Gasteiger partial charge in [0.1, 0.15) is 5.75 Å². The number of hydrogen-bond donors (Lipinski definition) is 0. The van der Waals surface area contributed by atoms with Crippen LogP contribution in [0.15, 0.2) is 48.5 Å². The van der Waals surface area contributed by atoms with Crippen molar-refractivity contribution in [1.82, 2.24) is 0 Å². The van der Waals surface area contributed by atoms with E-state index in [1.165, 1.54) is 12.1 Å². The molecule has 1 aliphatic rings. The maximum absolute atomic E-state index is 12.3. The minimum absolute atomic E-state index is 0.0496. The number of rotatable bonds is 4. The van der Waals surface area contributed by atoms with E-state index in [9.17, 15) is 14.9 Å². The van der Waals surface area contributed by atoms with E-state index in [4.69, 9.17) is 4.74 Å². The first kappa shape index (κ1) is 14.1. The predicted molar refractivity (Wildman–Crippen MR) is 81.1 cm³/mol. The summed E-state index contributed by atoms with van der Waals surface area (Å²) in [6, 6.07) is 13.7. The van der Waals surface area contributed by atoms with Crippen molar-refractivity contribution in [3.05, 3.63) is 64.2 Å². The fourth-order valence-corrected chi connectivity index (χ4v) is 2.50. The highest BCUT2D eigenvalue weighted by atomic mass is 16.6. The standard InChI is InChI=1S/C16H14N2O4/c19-16(11-22-14-4-2-1-3-5-14)17-9-8-12-10-13(18(20)21)6-7-15(12)17/h1-7,10H,8-9,11H2. The van der Waals surface area contributed by atoms with Gasteiger partial charge >= 0.3 is 0 Å². The highest BCUT2D eigenvalue weighted by Gasteiger charge is 2.26. The molecule has 2 aromatic rings. The first-order chi connectivity index (χ1) is 10.6. The topological polar surface area (TPSA) is 72.7 Å². The number of amides is 1. The Morgan fingerprint density at radius 3 is 2.73 bits per heavy atom. The van der Waals surface area contributed by atoms with Gasteiger partial charge in [0, 0.05) is 24.4 Å². The van der Waals surface area contributed by atoms with Crippen LogP contribution in [-0.4, -0.2) is 24.0 Å². The van der Waals surface area contributed by atoms with Crippen LogP contribution < -0.4 is 9.64 Å². The van der Waals surface area contributed by atoms with Crippen molar-refractivity contribution < 1.29 is 14.5 Å². The molecular weight excluding hydrogens is 284 g/mol. The molecule has 6 heteroatoms. The number of nitrogens with zero attached hydrogens (tertiary/aromatic N) is 2. The lowest BCUT2D eigenvalue weighted by Crippen LogP contribution is -2.33. The Morgan fingerprint density at radius 2 is 2.00 bits per heavy atom. The summed E-state index contributed by atoms with van der Waals surface area (Å²) in [6.45, 7) is 0.466. The normalized spacial score (nSPS) is 12.8. The lowest BCUT2D eigenvalue weighted by atomic mass is 10.1. The van der Waals surface area contributed by atoms with Crippen LogP contribution in [-0.2, 0) is 11.2 Å². The molecule has 0 fully saturated rings. The van der Waals surface area contributed by atoms with Gasteiger partial charge in [-0.25, -0.2) is 0 Å².